The standard InChI is InChI=1S/C31H43F2N5O5/c1-19-15-38(18-29(36-19)10-11-29)27-23(33)28(41-17-21-14-20(32)16-37(21)2)35-26(34-27)24(39)22-6-5-8-30(25(22)40)7-3-4-9-31(30)42-12-13-43-31/h19-22,36H,3-18H2,1-2H3/t19-,20+,21-,22?,30-/m0/s1. The Labute approximate surface area is 251 Å². The van der Waals surface area contributed by atoms with Crippen molar-refractivity contribution in [2.24, 2.45) is 11.3 Å². The average molecular weight is 604 g/mol. The Morgan fingerprint density at radius 2 is 1.84 bits per heavy atom. The molecule has 1 aromatic heterocycles. The summed E-state index contributed by atoms with van der Waals surface area (Å²) in [6.45, 7) is 4.28. The van der Waals surface area contributed by atoms with Crippen molar-refractivity contribution in [1.82, 2.24) is 20.2 Å². The van der Waals surface area contributed by atoms with Crippen LogP contribution in [-0.4, -0.2) is 103 Å². The number of rotatable bonds is 6. The van der Waals surface area contributed by atoms with Crippen molar-refractivity contribution in [3.05, 3.63) is 11.6 Å². The van der Waals surface area contributed by atoms with E-state index in [4.69, 9.17) is 14.2 Å². The van der Waals surface area contributed by atoms with Gasteiger partial charge in [-0.05, 0) is 58.9 Å². The quantitative estimate of drug-likeness (QED) is 0.385. The van der Waals surface area contributed by atoms with Gasteiger partial charge >= 0.3 is 0 Å². The lowest BCUT2D eigenvalue weighted by Gasteiger charge is -2.51. The van der Waals surface area contributed by atoms with Gasteiger partial charge in [-0.25, -0.2) is 9.37 Å². The largest absolute Gasteiger partial charge is 0.474 e. The highest BCUT2D eigenvalue weighted by Gasteiger charge is 2.63. The van der Waals surface area contributed by atoms with Gasteiger partial charge in [-0.2, -0.15) is 9.37 Å². The van der Waals surface area contributed by atoms with E-state index in [9.17, 15) is 14.0 Å². The Bertz CT molecular complexity index is 1270. The number of aromatic nitrogens is 2. The van der Waals surface area contributed by atoms with Crippen molar-refractivity contribution >= 4 is 17.4 Å². The van der Waals surface area contributed by atoms with Gasteiger partial charge in [0.15, 0.2) is 17.4 Å². The molecule has 3 spiro atoms. The molecule has 1 aromatic rings. The van der Waals surface area contributed by atoms with Gasteiger partial charge in [0.05, 0.1) is 24.5 Å². The van der Waals surface area contributed by atoms with Crippen LogP contribution in [0.2, 0.25) is 0 Å². The number of alkyl halides is 1. The molecule has 7 rings (SSSR count). The van der Waals surface area contributed by atoms with Crippen molar-refractivity contribution in [1.29, 1.82) is 0 Å². The fourth-order valence-corrected chi connectivity index (χ4v) is 8.52. The smallest absolute Gasteiger partial charge is 0.256 e. The molecule has 0 amide bonds. The number of hydrogen-bond donors (Lipinski definition) is 1. The minimum atomic E-state index is -0.985. The number of halogens is 2. The molecule has 5 atom stereocenters. The highest BCUT2D eigenvalue weighted by atomic mass is 19.1. The zero-order valence-corrected chi connectivity index (χ0v) is 25.2. The van der Waals surface area contributed by atoms with E-state index in [1.807, 2.05) is 23.8 Å². The van der Waals surface area contributed by atoms with E-state index in [0.29, 0.717) is 58.4 Å². The van der Waals surface area contributed by atoms with Crippen LogP contribution in [0.25, 0.3) is 0 Å². The Kier molecular flexibility index (Phi) is 7.50. The highest BCUT2D eigenvalue weighted by molar-refractivity contribution is 6.11. The van der Waals surface area contributed by atoms with Crippen molar-refractivity contribution in [2.45, 2.75) is 101 Å². The molecule has 3 saturated heterocycles. The molecule has 3 saturated carbocycles. The number of nitrogens with one attached hydrogen (secondary N) is 1. The zero-order chi connectivity index (χ0) is 30.0. The Balaban J connectivity index is 1.21. The lowest BCUT2D eigenvalue weighted by molar-refractivity contribution is -0.255. The number of hydrogen-bond acceptors (Lipinski definition) is 10. The molecule has 1 unspecified atom stereocenters. The number of likely N-dealkylation sites (N-methyl/N-ethyl adjacent to an activating group) is 1. The highest BCUT2D eigenvalue weighted by Crippen LogP contribution is 2.56. The number of carbonyl (C=O) groups excluding carboxylic acids is 2. The van der Waals surface area contributed by atoms with E-state index in [0.717, 1.165) is 25.7 Å². The van der Waals surface area contributed by atoms with Crippen molar-refractivity contribution < 1.29 is 32.6 Å². The maximum atomic E-state index is 16.1. The molecular formula is C31H43F2N5O5. The molecule has 0 bridgehead atoms. The van der Waals surface area contributed by atoms with Crippen molar-refractivity contribution in [3.63, 3.8) is 0 Å². The minimum absolute atomic E-state index is 0.0192. The summed E-state index contributed by atoms with van der Waals surface area (Å²) in [5.74, 6) is -3.88. The fraction of sp³-hybridized carbons (Fsp3) is 0.806. The summed E-state index contributed by atoms with van der Waals surface area (Å²) in [6, 6.07) is -0.147. The summed E-state index contributed by atoms with van der Waals surface area (Å²) >= 11 is 0. The van der Waals surface area contributed by atoms with Crippen LogP contribution in [-0.2, 0) is 14.3 Å². The maximum absolute atomic E-state index is 16.1. The van der Waals surface area contributed by atoms with E-state index >= 15 is 4.39 Å². The lowest BCUT2D eigenvalue weighted by atomic mass is 9.57. The number of carbonyl (C=O) groups is 2. The summed E-state index contributed by atoms with van der Waals surface area (Å²) in [5.41, 5.74) is -0.976. The van der Waals surface area contributed by atoms with E-state index in [2.05, 4.69) is 15.3 Å². The molecule has 10 nitrogen and oxygen atoms in total. The summed E-state index contributed by atoms with van der Waals surface area (Å²) in [4.78, 5) is 41.1. The molecule has 0 aromatic carbocycles. The van der Waals surface area contributed by atoms with Gasteiger partial charge < -0.3 is 24.4 Å². The SMILES string of the molecule is C[C@H]1CN(c2nc(C(=O)C3CCC[C@@]4(CCCCC45OCCO5)C3=O)nc(OC[C@@H]3C[C@@H](F)CN3C)c2F)CC2(CC2)N1. The first-order valence-corrected chi connectivity index (χ1v) is 16.1. The average Bonchev–Trinajstić information content (AvgIpc) is 3.37. The van der Waals surface area contributed by atoms with Gasteiger partial charge in [0.2, 0.25) is 17.4 Å². The molecule has 43 heavy (non-hydrogen) atoms. The van der Waals surface area contributed by atoms with Gasteiger partial charge in [0.1, 0.15) is 12.8 Å². The third-order valence-corrected chi connectivity index (χ3v) is 10.8. The molecule has 6 fully saturated rings. The van der Waals surface area contributed by atoms with Crippen LogP contribution in [0.4, 0.5) is 14.6 Å². The normalized spacial score (nSPS) is 35.3. The van der Waals surface area contributed by atoms with Crippen LogP contribution < -0.4 is 15.0 Å². The molecule has 3 aliphatic carbocycles. The van der Waals surface area contributed by atoms with Crippen molar-refractivity contribution in [2.75, 3.05) is 51.4 Å². The van der Waals surface area contributed by atoms with Crippen LogP contribution in [0.15, 0.2) is 0 Å². The summed E-state index contributed by atoms with van der Waals surface area (Å²) in [5, 5.41) is 3.61. The Morgan fingerprint density at radius 3 is 2.56 bits per heavy atom. The summed E-state index contributed by atoms with van der Waals surface area (Å²) in [6.07, 6.45) is 5.96. The van der Waals surface area contributed by atoms with E-state index in [1.165, 1.54) is 0 Å². The fourth-order valence-electron chi connectivity index (χ4n) is 8.52. The zero-order valence-electron chi connectivity index (χ0n) is 25.2. The Morgan fingerprint density at radius 1 is 1.09 bits per heavy atom. The van der Waals surface area contributed by atoms with Gasteiger partial charge in [-0.3, -0.25) is 14.5 Å². The second-order valence-electron chi connectivity index (χ2n) is 13.8. The van der Waals surface area contributed by atoms with Crippen molar-refractivity contribution in [3.8, 4) is 5.88 Å². The lowest BCUT2D eigenvalue weighted by Crippen LogP contribution is -2.60. The van der Waals surface area contributed by atoms with Gasteiger partial charge in [-0.1, -0.05) is 12.8 Å². The first kappa shape index (κ1) is 29.4. The Hall–Kier alpha value is -2.28. The third kappa shape index (κ3) is 5.06. The number of piperazine rings is 1. The number of likely N-dealkylation sites (tertiary alicyclic amines) is 1. The van der Waals surface area contributed by atoms with Crippen LogP contribution in [0.3, 0.4) is 0 Å². The molecular weight excluding hydrogens is 560 g/mol. The molecule has 236 valence electrons. The van der Waals surface area contributed by atoms with Crippen LogP contribution in [0.5, 0.6) is 5.88 Å². The topological polar surface area (TPSA) is 106 Å². The summed E-state index contributed by atoms with van der Waals surface area (Å²) < 4.78 is 48.4. The predicted molar refractivity (Wildman–Crippen MR) is 152 cm³/mol. The van der Waals surface area contributed by atoms with Gasteiger partial charge in [0.25, 0.3) is 5.88 Å². The predicted octanol–water partition coefficient (Wildman–Crippen LogP) is 3.22. The van der Waals surface area contributed by atoms with E-state index < -0.39 is 34.9 Å². The number of Topliss-reactive ketones (excluding diaryl/α,β-unsaturated/α-hetero) is 2. The molecule has 12 heteroatoms. The number of ether oxygens (including phenoxy) is 3. The monoisotopic (exact) mass is 603 g/mol. The molecule has 3 aliphatic heterocycles. The van der Waals surface area contributed by atoms with Crippen LogP contribution in [0, 0.1) is 17.2 Å². The van der Waals surface area contributed by atoms with Crippen LogP contribution >= 0.6 is 0 Å². The molecule has 6 aliphatic rings. The second kappa shape index (κ2) is 11.0. The first-order valence-electron chi connectivity index (χ1n) is 16.1. The third-order valence-electron chi connectivity index (χ3n) is 10.8. The number of anilines is 1. The first-order chi connectivity index (χ1) is 20.6. The van der Waals surface area contributed by atoms with E-state index in [1.54, 1.807) is 0 Å². The van der Waals surface area contributed by atoms with Gasteiger partial charge in [-0.15, -0.1) is 0 Å². The maximum Gasteiger partial charge on any atom is 0.256 e. The van der Waals surface area contributed by atoms with Crippen LogP contribution in [0.1, 0.15) is 81.8 Å². The minimum Gasteiger partial charge on any atom is -0.474 e. The number of nitrogens with zero attached hydrogens (tertiary/aromatic N) is 4. The second-order valence-corrected chi connectivity index (χ2v) is 13.8. The van der Waals surface area contributed by atoms with E-state index in [-0.39, 0.29) is 60.5 Å². The number of ketones is 2. The summed E-state index contributed by atoms with van der Waals surface area (Å²) in [7, 11) is 1.81. The molecule has 4 heterocycles. The number of fused-ring (bicyclic) bond motifs is 1. The van der Waals surface area contributed by atoms with Gasteiger partial charge in [0, 0.05) is 43.7 Å². The molecule has 1 N–H and O–H groups in total. The molecule has 0 radical (unpaired) electrons.